The zero-order valence-corrected chi connectivity index (χ0v) is 22.5. The molecule has 0 spiro atoms. The predicted octanol–water partition coefficient (Wildman–Crippen LogP) is 7.39. The van der Waals surface area contributed by atoms with E-state index in [9.17, 15) is 0 Å². The Labute approximate surface area is 207 Å². The van der Waals surface area contributed by atoms with Crippen molar-refractivity contribution in [1.29, 1.82) is 0 Å². The highest BCUT2D eigenvalue weighted by molar-refractivity contribution is 6.74. The van der Waals surface area contributed by atoms with E-state index >= 15 is 0 Å². The van der Waals surface area contributed by atoms with Crippen LogP contribution in [0.2, 0.25) is 23.2 Å². The molecule has 9 heteroatoms. The van der Waals surface area contributed by atoms with E-state index in [2.05, 4.69) is 54.2 Å². The Morgan fingerprint density at radius 1 is 1.15 bits per heavy atom. The van der Waals surface area contributed by atoms with Gasteiger partial charge < -0.3 is 19.9 Å². The van der Waals surface area contributed by atoms with Gasteiger partial charge in [-0.2, -0.15) is 0 Å². The van der Waals surface area contributed by atoms with Crippen LogP contribution in [-0.2, 0) is 4.43 Å². The second-order valence-corrected chi connectivity index (χ2v) is 15.1. The number of halogens is 1. The summed E-state index contributed by atoms with van der Waals surface area (Å²) in [6, 6.07) is 10.4. The molecule has 0 saturated carbocycles. The van der Waals surface area contributed by atoms with E-state index in [0.717, 1.165) is 16.8 Å². The Morgan fingerprint density at radius 3 is 2.38 bits per heavy atom. The number of nitrogen functional groups attached to an aromatic ring is 1. The van der Waals surface area contributed by atoms with Gasteiger partial charge in [0, 0.05) is 16.9 Å². The fraction of sp³-hybridized carbons (Fsp3) is 0.400. The summed E-state index contributed by atoms with van der Waals surface area (Å²) in [7, 11) is -2.09. The highest BCUT2D eigenvalue weighted by Crippen LogP contribution is 2.40. The summed E-state index contributed by atoms with van der Waals surface area (Å²) in [5.41, 5.74) is 9.22. The van der Waals surface area contributed by atoms with Crippen molar-refractivity contribution in [2.24, 2.45) is 0 Å². The standard InChI is InChI=1S/C25H32ClN5O2Si/c1-15-19(13-14-20(28-6)21(15)26)29-22(16(2)33-34(7,8)25(3,4)5)24-31-30-23(32-24)17-9-11-18(27)12-10-17/h9-14,16,22,29H,27H2,1-5,7-8H3/t16-,22-/m1/s1. The first-order valence-electron chi connectivity index (χ1n) is 11.1. The molecule has 3 aromatic rings. The molecule has 0 radical (unpaired) electrons. The summed E-state index contributed by atoms with van der Waals surface area (Å²) in [5, 5.41) is 12.6. The normalized spacial score (nSPS) is 13.9. The molecule has 180 valence electrons. The van der Waals surface area contributed by atoms with Gasteiger partial charge in [0.25, 0.3) is 0 Å². The SMILES string of the molecule is [C-]#[N+]c1ccc(N[C@@H](c2nnc(-c3ccc(N)cc3)o2)[C@@H](C)O[Si](C)(C)C(C)(C)C)c(C)c1Cl. The molecule has 1 heterocycles. The summed E-state index contributed by atoms with van der Waals surface area (Å²) in [4.78, 5) is 3.48. The molecule has 0 aliphatic rings. The third-order valence-electron chi connectivity index (χ3n) is 6.42. The first kappa shape index (κ1) is 25.8. The molecule has 0 aliphatic heterocycles. The third-order valence-corrected chi connectivity index (χ3v) is 11.5. The molecule has 0 aliphatic carbocycles. The fourth-order valence-corrected chi connectivity index (χ4v) is 4.90. The molecule has 0 saturated heterocycles. The highest BCUT2D eigenvalue weighted by atomic mass is 35.5. The van der Waals surface area contributed by atoms with E-state index in [1.807, 2.05) is 32.0 Å². The molecule has 1 aromatic heterocycles. The fourth-order valence-electron chi connectivity index (χ4n) is 3.27. The van der Waals surface area contributed by atoms with Crippen molar-refractivity contribution >= 4 is 37.0 Å². The minimum atomic E-state index is -2.09. The first-order valence-corrected chi connectivity index (χ1v) is 14.4. The van der Waals surface area contributed by atoms with Crippen LogP contribution in [0, 0.1) is 13.5 Å². The number of anilines is 2. The molecule has 2 aromatic carbocycles. The van der Waals surface area contributed by atoms with Gasteiger partial charge >= 0.3 is 0 Å². The van der Waals surface area contributed by atoms with Crippen LogP contribution < -0.4 is 11.1 Å². The lowest BCUT2D eigenvalue weighted by atomic mass is 10.1. The smallest absolute Gasteiger partial charge is 0.247 e. The summed E-state index contributed by atoms with van der Waals surface area (Å²) in [5.74, 6) is 0.808. The van der Waals surface area contributed by atoms with Gasteiger partial charge in [-0.25, -0.2) is 4.85 Å². The Balaban J connectivity index is 2.00. The minimum Gasteiger partial charge on any atom is -0.418 e. The van der Waals surface area contributed by atoms with Crippen molar-refractivity contribution in [3.63, 3.8) is 0 Å². The number of hydrogen-bond donors (Lipinski definition) is 2. The van der Waals surface area contributed by atoms with Gasteiger partial charge in [-0.3, -0.25) is 0 Å². The van der Waals surface area contributed by atoms with Crippen LogP contribution in [0.3, 0.4) is 0 Å². The zero-order chi connectivity index (χ0) is 25.3. The average molecular weight is 498 g/mol. The van der Waals surface area contributed by atoms with Crippen LogP contribution in [0.5, 0.6) is 0 Å². The zero-order valence-electron chi connectivity index (χ0n) is 20.7. The lowest BCUT2D eigenvalue weighted by Crippen LogP contribution is -2.45. The summed E-state index contributed by atoms with van der Waals surface area (Å²) in [6.45, 7) is 22.2. The van der Waals surface area contributed by atoms with E-state index in [1.54, 1.807) is 18.2 Å². The highest BCUT2D eigenvalue weighted by Gasteiger charge is 2.41. The van der Waals surface area contributed by atoms with Crippen molar-refractivity contribution < 1.29 is 8.84 Å². The molecule has 3 N–H and O–H groups in total. The van der Waals surface area contributed by atoms with Crippen LogP contribution in [0.1, 0.15) is 45.2 Å². The maximum atomic E-state index is 7.31. The summed E-state index contributed by atoms with van der Waals surface area (Å²) < 4.78 is 12.8. The monoisotopic (exact) mass is 497 g/mol. The molecule has 2 atom stereocenters. The van der Waals surface area contributed by atoms with Crippen molar-refractivity contribution in [1.82, 2.24) is 10.2 Å². The number of nitrogens with one attached hydrogen (secondary N) is 1. The molecule has 0 bridgehead atoms. The Hall–Kier alpha value is -2.86. The van der Waals surface area contributed by atoms with Crippen molar-refractivity contribution in [3.8, 4) is 11.5 Å². The van der Waals surface area contributed by atoms with Gasteiger partial charge in [0.2, 0.25) is 17.5 Å². The molecule has 7 nitrogen and oxygen atoms in total. The van der Waals surface area contributed by atoms with Crippen molar-refractivity contribution in [3.05, 3.63) is 64.3 Å². The maximum Gasteiger partial charge on any atom is 0.247 e. The first-order chi connectivity index (χ1) is 15.8. The number of aromatic nitrogens is 2. The van der Waals surface area contributed by atoms with Crippen molar-refractivity contribution in [2.45, 2.75) is 64.9 Å². The second-order valence-electron chi connectivity index (χ2n) is 9.96. The lowest BCUT2D eigenvalue weighted by Gasteiger charge is -2.40. The van der Waals surface area contributed by atoms with Gasteiger partial charge in [0.1, 0.15) is 6.04 Å². The maximum absolute atomic E-state index is 7.31. The number of rotatable bonds is 7. The average Bonchev–Trinajstić information content (AvgIpc) is 3.24. The quantitative estimate of drug-likeness (QED) is 0.201. The van der Waals surface area contributed by atoms with Crippen LogP contribution in [0.25, 0.3) is 16.3 Å². The molecule has 3 rings (SSSR count). The van der Waals surface area contributed by atoms with E-state index in [1.165, 1.54) is 0 Å². The van der Waals surface area contributed by atoms with E-state index in [0.29, 0.717) is 28.2 Å². The number of benzene rings is 2. The Morgan fingerprint density at radius 2 is 1.79 bits per heavy atom. The van der Waals surface area contributed by atoms with Gasteiger partial charge in [-0.05, 0) is 67.9 Å². The van der Waals surface area contributed by atoms with Gasteiger partial charge in [0.05, 0.1) is 17.7 Å². The molecule has 0 amide bonds. The second kappa shape index (κ2) is 9.78. The van der Waals surface area contributed by atoms with E-state index in [4.69, 9.17) is 32.7 Å². The van der Waals surface area contributed by atoms with Crippen molar-refractivity contribution in [2.75, 3.05) is 11.1 Å². The Bertz CT molecular complexity index is 1200. The predicted molar refractivity (Wildman–Crippen MR) is 141 cm³/mol. The summed E-state index contributed by atoms with van der Waals surface area (Å²) >= 11 is 6.43. The topological polar surface area (TPSA) is 90.6 Å². The third kappa shape index (κ3) is 5.44. The van der Waals surface area contributed by atoms with Crippen LogP contribution in [0.4, 0.5) is 17.1 Å². The minimum absolute atomic E-state index is 0.0340. The van der Waals surface area contributed by atoms with Gasteiger partial charge in [0.15, 0.2) is 8.32 Å². The number of nitrogens with zero attached hydrogens (tertiary/aromatic N) is 3. The van der Waals surface area contributed by atoms with Crippen LogP contribution >= 0.6 is 11.6 Å². The molecule has 0 fully saturated rings. The molecular weight excluding hydrogens is 466 g/mol. The van der Waals surface area contributed by atoms with E-state index < -0.39 is 14.4 Å². The van der Waals surface area contributed by atoms with Gasteiger partial charge in [-0.15, -0.1) is 10.2 Å². The molecule has 0 unspecified atom stereocenters. The Kier molecular flexibility index (Phi) is 7.41. The lowest BCUT2D eigenvalue weighted by molar-refractivity contribution is 0.166. The largest absolute Gasteiger partial charge is 0.418 e. The van der Waals surface area contributed by atoms with Gasteiger partial charge in [-0.1, -0.05) is 38.4 Å². The molecule has 34 heavy (non-hydrogen) atoms. The number of nitrogens with two attached hydrogens (primary N) is 1. The van der Waals surface area contributed by atoms with Crippen LogP contribution in [-0.4, -0.2) is 24.6 Å². The van der Waals surface area contributed by atoms with E-state index in [-0.39, 0.29) is 11.1 Å². The molecular formula is C25H32ClN5O2Si. The number of hydrogen-bond acceptors (Lipinski definition) is 6. The summed E-state index contributed by atoms with van der Waals surface area (Å²) in [6.07, 6.45) is -0.278. The van der Waals surface area contributed by atoms with Crippen LogP contribution in [0.15, 0.2) is 40.8 Å².